The molecule has 1 fully saturated rings. The van der Waals surface area contributed by atoms with Crippen molar-refractivity contribution in [2.45, 2.75) is 37.9 Å². The van der Waals surface area contributed by atoms with Crippen LogP contribution in [0.4, 0.5) is 0 Å². The van der Waals surface area contributed by atoms with Crippen LogP contribution in [0, 0.1) is 0 Å². The Balaban J connectivity index is 1.81. The third kappa shape index (κ3) is 2.12. The van der Waals surface area contributed by atoms with Gasteiger partial charge in [-0.05, 0) is 49.0 Å². The van der Waals surface area contributed by atoms with Gasteiger partial charge in [0, 0.05) is 0 Å². The minimum absolute atomic E-state index is 0.261. The maximum absolute atomic E-state index is 9.48. The monoisotopic (exact) mass is 216 g/mol. The van der Waals surface area contributed by atoms with Crippen LogP contribution < -0.4 is 4.74 Å². The Kier molecular flexibility index (Phi) is 2.44. The topological polar surface area (TPSA) is 29.5 Å². The van der Waals surface area contributed by atoms with Crippen LogP contribution in [0.15, 0.2) is 30.3 Å². The summed E-state index contributed by atoms with van der Waals surface area (Å²) in [4.78, 5) is 0. The van der Waals surface area contributed by atoms with Crippen LogP contribution >= 0.6 is 0 Å². The molecule has 1 N–H and O–H groups in total. The molecule has 1 aromatic rings. The lowest BCUT2D eigenvalue weighted by atomic mass is 10.1. The van der Waals surface area contributed by atoms with Gasteiger partial charge in [-0.25, -0.2) is 0 Å². The van der Waals surface area contributed by atoms with Crippen LogP contribution in [-0.2, 0) is 0 Å². The van der Waals surface area contributed by atoms with Crippen molar-refractivity contribution in [1.29, 1.82) is 0 Å². The first-order valence-corrected chi connectivity index (χ1v) is 5.97. The van der Waals surface area contributed by atoms with Gasteiger partial charge in [0.25, 0.3) is 0 Å². The average molecular weight is 216 g/mol. The third-order valence-corrected chi connectivity index (χ3v) is 3.13. The first-order chi connectivity index (χ1) is 7.81. The number of hydrogen-bond acceptors (Lipinski definition) is 2. The Morgan fingerprint density at radius 1 is 1.19 bits per heavy atom. The number of aliphatic hydroxyl groups is 1. The molecule has 2 aliphatic rings. The minimum atomic E-state index is -0.261. The molecular formula is C14H16O2. The highest BCUT2D eigenvalue weighted by molar-refractivity contribution is 5.68. The van der Waals surface area contributed by atoms with E-state index < -0.39 is 0 Å². The fraction of sp³-hybridized carbons (Fsp3) is 0.429. The number of hydrogen-bond donors (Lipinski definition) is 1. The van der Waals surface area contributed by atoms with Gasteiger partial charge in [0.15, 0.2) is 0 Å². The number of rotatable bonds is 3. The summed E-state index contributed by atoms with van der Waals surface area (Å²) in [7, 11) is 0. The summed E-state index contributed by atoms with van der Waals surface area (Å²) in [5.41, 5.74) is 2.43. The van der Waals surface area contributed by atoms with E-state index in [9.17, 15) is 5.11 Å². The molecule has 1 atom stereocenters. The molecule has 0 aliphatic heterocycles. The van der Waals surface area contributed by atoms with Crippen LogP contribution in [0.3, 0.4) is 0 Å². The summed E-state index contributed by atoms with van der Waals surface area (Å²) in [5, 5.41) is 9.48. The van der Waals surface area contributed by atoms with Gasteiger partial charge in [-0.1, -0.05) is 18.2 Å². The van der Waals surface area contributed by atoms with E-state index in [1.165, 1.54) is 24.0 Å². The first-order valence-electron chi connectivity index (χ1n) is 5.97. The van der Waals surface area contributed by atoms with Crippen LogP contribution in [0.5, 0.6) is 5.75 Å². The number of allylic oxidation sites excluding steroid dienone is 1. The van der Waals surface area contributed by atoms with Gasteiger partial charge >= 0.3 is 0 Å². The van der Waals surface area contributed by atoms with Crippen molar-refractivity contribution >= 4 is 5.57 Å². The van der Waals surface area contributed by atoms with Crippen molar-refractivity contribution in [2.75, 3.05) is 0 Å². The highest BCUT2D eigenvalue weighted by Gasteiger charge is 2.23. The molecule has 1 saturated carbocycles. The van der Waals surface area contributed by atoms with Crippen molar-refractivity contribution < 1.29 is 9.84 Å². The second-order valence-electron chi connectivity index (χ2n) is 4.64. The lowest BCUT2D eigenvalue weighted by Gasteiger charge is -2.07. The molecule has 0 amide bonds. The van der Waals surface area contributed by atoms with E-state index in [-0.39, 0.29) is 6.10 Å². The van der Waals surface area contributed by atoms with Gasteiger partial charge in [0.05, 0.1) is 12.2 Å². The molecule has 0 aromatic heterocycles. The zero-order valence-corrected chi connectivity index (χ0v) is 9.23. The first kappa shape index (κ1) is 9.91. The number of aliphatic hydroxyl groups excluding tert-OH is 1. The van der Waals surface area contributed by atoms with E-state index in [0.717, 1.165) is 18.6 Å². The van der Waals surface area contributed by atoms with Crippen molar-refractivity contribution in [1.82, 2.24) is 0 Å². The molecule has 2 nitrogen and oxygen atoms in total. The van der Waals surface area contributed by atoms with E-state index in [0.29, 0.717) is 6.10 Å². The van der Waals surface area contributed by atoms with Crippen molar-refractivity contribution in [3.8, 4) is 5.75 Å². The lowest BCUT2D eigenvalue weighted by molar-refractivity contribution is 0.223. The standard InChI is InChI=1S/C14H16O2/c15-12-5-4-11(8-12)10-2-1-3-14(9-10)16-13-6-7-13/h1-3,8-9,12-13,15H,4-7H2. The average Bonchev–Trinajstić information content (AvgIpc) is 2.98. The SMILES string of the molecule is OC1C=C(c2cccc(OC3CC3)c2)CC1. The zero-order valence-electron chi connectivity index (χ0n) is 9.23. The summed E-state index contributed by atoms with van der Waals surface area (Å²) in [6.07, 6.45) is 6.33. The van der Waals surface area contributed by atoms with E-state index in [4.69, 9.17) is 4.74 Å². The summed E-state index contributed by atoms with van der Waals surface area (Å²) < 4.78 is 5.76. The zero-order chi connectivity index (χ0) is 11.0. The number of ether oxygens (including phenoxy) is 1. The summed E-state index contributed by atoms with van der Waals surface area (Å²) in [6, 6.07) is 8.21. The molecule has 2 heteroatoms. The molecule has 1 aromatic carbocycles. The van der Waals surface area contributed by atoms with E-state index >= 15 is 0 Å². The summed E-state index contributed by atoms with van der Waals surface area (Å²) >= 11 is 0. The van der Waals surface area contributed by atoms with E-state index in [1.54, 1.807) is 0 Å². The van der Waals surface area contributed by atoms with Gasteiger partial charge in [-0.2, -0.15) is 0 Å². The summed E-state index contributed by atoms with van der Waals surface area (Å²) in [5.74, 6) is 0.960. The molecular weight excluding hydrogens is 200 g/mol. The predicted molar refractivity (Wildman–Crippen MR) is 63.3 cm³/mol. The van der Waals surface area contributed by atoms with E-state index in [2.05, 4.69) is 12.1 Å². The second-order valence-corrected chi connectivity index (χ2v) is 4.64. The van der Waals surface area contributed by atoms with Crippen LogP contribution in [0.2, 0.25) is 0 Å². The Morgan fingerprint density at radius 3 is 2.75 bits per heavy atom. The van der Waals surface area contributed by atoms with E-state index in [1.807, 2.05) is 18.2 Å². The normalized spacial score (nSPS) is 24.3. The molecule has 0 saturated heterocycles. The second kappa shape index (κ2) is 3.95. The highest BCUT2D eigenvalue weighted by atomic mass is 16.5. The molecule has 0 heterocycles. The van der Waals surface area contributed by atoms with Crippen LogP contribution in [0.25, 0.3) is 5.57 Å². The Labute approximate surface area is 95.6 Å². The molecule has 84 valence electrons. The van der Waals surface area contributed by atoms with Gasteiger partial charge in [-0.3, -0.25) is 0 Å². The quantitative estimate of drug-likeness (QED) is 0.841. The van der Waals surface area contributed by atoms with Gasteiger partial charge < -0.3 is 9.84 Å². The number of benzene rings is 1. The molecule has 0 radical (unpaired) electrons. The Hall–Kier alpha value is -1.28. The fourth-order valence-corrected chi connectivity index (χ4v) is 2.09. The molecule has 2 aliphatic carbocycles. The lowest BCUT2D eigenvalue weighted by Crippen LogP contribution is -1.96. The molecule has 16 heavy (non-hydrogen) atoms. The summed E-state index contributed by atoms with van der Waals surface area (Å²) in [6.45, 7) is 0. The van der Waals surface area contributed by atoms with Crippen LogP contribution in [-0.4, -0.2) is 17.3 Å². The molecule has 3 rings (SSSR count). The molecule has 1 unspecified atom stereocenters. The van der Waals surface area contributed by atoms with Crippen LogP contribution in [0.1, 0.15) is 31.2 Å². The maximum Gasteiger partial charge on any atom is 0.120 e. The van der Waals surface area contributed by atoms with Crippen molar-refractivity contribution in [2.24, 2.45) is 0 Å². The van der Waals surface area contributed by atoms with Crippen molar-refractivity contribution in [3.05, 3.63) is 35.9 Å². The van der Waals surface area contributed by atoms with Crippen molar-refractivity contribution in [3.63, 3.8) is 0 Å². The smallest absolute Gasteiger partial charge is 0.120 e. The molecule has 0 spiro atoms. The maximum atomic E-state index is 9.48. The highest BCUT2D eigenvalue weighted by Crippen LogP contribution is 2.32. The van der Waals surface area contributed by atoms with Gasteiger partial charge in [0.2, 0.25) is 0 Å². The largest absolute Gasteiger partial charge is 0.490 e. The fourth-order valence-electron chi connectivity index (χ4n) is 2.09. The Morgan fingerprint density at radius 2 is 2.06 bits per heavy atom. The predicted octanol–water partition coefficient (Wildman–Crippen LogP) is 2.77. The third-order valence-electron chi connectivity index (χ3n) is 3.13. The van der Waals surface area contributed by atoms with Gasteiger partial charge in [0.1, 0.15) is 5.75 Å². The van der Waals surface area contributed by atoms with Gasteiger partial charge in [-0.15, -0.1) is 0 Å². The minimum Gasteiger partial charge on any atom is -0.490 e. The Bertz CT molecular complexity index is 418. The molecule has 0 bridgehead atoms.